The van der Waals surface area contributed by atoms with Crippen LogP contribution in [-0.2, 0) is 9.59 Å². The lowest BCUT2D eigenvalue weighted by Crippen LogP contribution is -2.55. The number of piperidine rings is 1. The molecule has 0 radical (unpaired) electrons. The van der Waals surface area contributed by atoms with E-state index in [0.717, 1.165) is 4.90 Å². The maximum Gasteiger partial charge on any atom is 0.324 e. The first kappa shape index (κ1) is 27.5. The van der Waals surface area contributed by atoms with Crippen LogP contribution >= 0.6 is 0 Å². The third-order valence-corrected chi connectivity index (χ3v) is 7.78. The highest BCUT2D eigenvalue weighted by molar-refractivity contribution is 5.97. The van der Waals surface area contributed by atoms with Gasteiger partial charge in [-0.2, -0.15) is 0 Å². The molecule has 38 heavy (non-hydrogen) atoms. The van der Waals surface area contributed by atoms with Gasteiger partial charge in [0.05, 0.1) is 5.41 Å². The predicted octanol–water partition coefficient (Wildman–Crippen LogP) is 5.55. The summed E-state index contributed by atoms with van der Waals surface area (Å²) in [6.45, 7) is 0.156. The van der Waals surface area contributed by atoms with E-state index in [1.807, 2.05) is 0 Å². The number of alkyl halides is 2. The standard InChI is InChI=1S/C28H32F3N3O4/c1-32(21-12-10-20(29)11-13-21)26(38)33-17-15-27(16-18-33,25(36)37)19-24(35)34(22-7-3-2-4-8-22)23-9-5-6-14-28(23,30)31/h2-4,7-8,10-13,23H,5-6,9,14-19H2,1H3,(H,36,37). The van der Waals surface area contributed by atoms with Crippen molar-refractivity contribution in [3.8, 4) is 0 Å². The summed E-state index contributed by atoms with van der Waals surface area (Å²) in [7, 11) is 1.54. The summed E-state index contributed by atoms with van der Waals surface area (Å²) in [5, 5.41) is 10.2. The molecule has 1 aliphatic heterocycles. The molecule has 7 nitrogen and oxygen atoms in total. The summed E-state index contributed by atoms with van der Waals surface area (Å²) in [5.74, 6) is -5.36. The minimum Gasteiger partial charge on any atom is -0.481 e. The Kier molecular flexibility index (Phi) is 7.99. The number of halogens is 3. The fourth-order valence-corrected chi connectivity index (χ4v) is 5.43. The molecule has 10 heteroatoms. The van der Waals surface area contributed by atoms with Crippen LogP contribution < -0.4 is 9.80 Å². The van der Waals surface area contributed by atoms with Crippen molar-refractivity contribution in [1.82, 2.24) is 4.90 Å². The smallest absolute Gasteiger partial charge is 0.324 e. The normalized spacial score (nSPS) is 20.4. The molecule has 3 amide bonds. The number of benzene rings is 2. The number of carbonyl (C=O) groups is 3. The number of carboxylic acid groups (broad SMARTS) is 1. The van der Waals surface area contributed by atoms with Crippen molar-refractivity contribution in [1.29, 1.82) is 0 Å². The van der Waals surface area contributed by atoms with Gasteiger partial charge in [-0.3, -0.25) is 14.5 Å². The molecule has 1 N–H and O–H groups in total. The number of carboxylic acids is 1. The fourth-order valence-electron chi connectivity index (χ4n) is 5.43. The summed E-state index contributed by atoms with van der Waals surface area (Å²) in [6, 6.07) is 11.9. The van der Waals surface area contributed by atoms with Crippen LogP contribution in [0.5, 0.6) is 0 Å². The predicted molar refractivity (Wildman–Crippen MR) is 137 cm³/mol. The Hall–Kier alpha value is -3.56. The number of carbonyl (C=O) groups excluding carboxylic acids is 2. The van der Waals surface area contributed by atoms with Gasteiger partial charge in [-0.05, 0) is 62.1 Å². The molecule has 0 spiro atoms. The number of hydrogen-bond donors (Lipinski definition) is 1. The van der Waals surface area contributed by atoms with Crippen molar-refractivity contribution in [3.63, 3.8) is 0 Å². The molecule has 4 rings (SSSR count). The van der Waals surface area contributed by atoms with Crippen molar-refractivity contribution < 1.29 is 32.7 Å². The lowest BCUT2D eigenvalue weighted by molar-refractivity contribution is -0.154. The molecule has 1 heterocycles. The topological polar surface area (TPSA) is 81.2 Å². The van der Waals surface area contributed by atoms with E-state index in [-0.39, 0.29) is 44.8 Å². The van der Waals surface area contributed by atoms with Gasteiger partial charge in [-0.25, -0.2) is 18.0 Å². The van der Waals surface area contributed by atoms with Crippen LogP contribution in [0.2, 0.25) is 0 Å². The number of anilines is 2. The first-order chi connectivity index (χ1) is 18.0. The van der Waals surface area contributed by atoms with Crippen molar-refractivity contribution >= 4 is 29.3 Å². The van der Waals surface area contributed by atoms with Crippen LogP contribution in [-0.4, -0.2) is 60.0 Å². The van der Waals surface area contributed by atoms with Gasteiger partial charge in [0.15, 0.2) is 0 Å². The summed E-state index contributed by atoms with van der Waals surface area (Å²) >= 11 is 0. The molecule has 204 valence electrons. The van der Waals surface area contributed by atoms with Gasteiger partial charge >= 0.3 is 12.0 Å². The van der Waals surface area contributed by atoms with Crippen LogP contribution in [0.25, 0.3) is 0 Å². The van der Waals surface area contributed by atoms with Gasteiger partial charge in [0.25, 0.3) is 5.92 Å². The summed E-state index contributed by atoms with van der Waals surface area (Å²) < 4.78 is 43.2. The SMILES string of the molecule is CN(C(=O)N1CCC(CC(=O)N(c2ccccc2)C2CCCCC2(F)F)(C(=O)O)CC1)c1ccc(F)cc1. The Balaban J connectivity index is 1.51. The Morgan fingerprint density at radius 3 is 2.16 bits per heavy atom. The molecule has 1 aliphatic carbocycles. The number of aliphatic carboxylic acids is 1. The van der Waals surface area contributed by atoms with Crippen molar-refractivity contribution in [2.24, 2.45) is 5.41 Å². The maximum absolute atomic E-state index is 15.0. The number of hydrogen-bond acceptors (Lipinski definition) is 3. The van der Waals surface area contributed by atoms with E-state index in [1.165, 1.54) is 34.1 Å². The van der Waals surface area contributed by atoms with Crippen molar-refractivity contribution in [2.45, 2.75) is 56.9 Å². The third kappa shape index (κ3) is 5.63. The zero-order chi connectivity index (χ0) is 27.5. The first-order valence-electron chi connectivity index (χ1n) is 12.8. The summed E-state index contributed by atoms with van der Waals surface area (Å²) in [6.07, 6.45) is 0.291. The molecule has 1 saturated heterocycles. The van der Waals surface area contributed by atoms with E-state index in [2.05, 4.69) is 0 Å². The molecular weight excluding hydrogens is 499 g/mol. The lowest BCUT2D eigenvalue weighted by atomic mass is 9.75. The monoisotopic (exact) mass is 531 g/mol. The summed E-state index contributed by atoms with van der Waals surface area (Å²) in [4.78, 5) is 43.1. The van der Waals surface area contributed by atoms with Gasteiger partial charge in [-0.15, -0.1) is 0 Å². The minimum absolute atomic E-state index is 0.000754. The number of rotatable bonds is 6. The third-order valence-electron chi connectivity index (χ3n) is 7.78. The van der Waals surface area contributed by atoms with Gasteiger partial charge in [0.1, 0.15) is 11.9 Å². The second-order valence-corrected chi connectivity index (χ2v) is 10.2. The van der Waals surface area contributed by atoms with Gasteiger partial charge in [0, 0.05) is 44.4 Å². The number of para-hydroxylation sites is 1. The van der Waals surface area contributed by atoms with Crippen LogP contribution in [0.1, 0.15) is 44.9 Å². The largest absolute Gasteiger partial charge is 0.481 e. The molecule has 2 fully saturated rings. The molecule has 2 aromatic carbocycles. The zero-order valence-electron chi connectivity index (χ0n) is 21.3. The van der Waals surface area contributed by atoms with Crippen molar-refractivity contribution in [3.05, 3.63) is 60.4 Å². The molecule has 1 saturated carbocycles. The highest BCUT2D eigenvalue weighted by atomic mass is 19.3. The Bertz CT molecular complexity index is 1150. The number of amides is 3. The molecule has 0 bridgehead atoms. The fraction of sp³-hybridized carbons (Fsp3) is 0.464. The highest BCUT2D eigenvalue weighted by Crippen LogP contribution is 2.42. The van der Waals surface area contributed by atoms with Crippen LogP contribution in [0.3, 0.4) is 0 Å². The average Bonchev–Trinajstić information content (AvgIpc) is 2.90. The molecule has 2 aromatic rings. The molecule has 2 aliphatic rings. The minimum atomic E-state index is -3.08. The maximum atomic E-state index is 15.0. The van der Waals surface area contributed by atoms with E-state index >= 15 is 0 Å². The highest BCUT2D eigenvalue weighted by Gasteiger charge is 2.50. The van der Waals surface area contributed by atoms with Crippen LogP contribution in [0.15, 0.2) is 54.6 Å². The lowest BCUT2D eigenvalue weighted by Gasteiger charge is -2.43. The zero-order valence-corrected chi connectivity index (χ0v) is 21.3. The summed E-state index contributed by atoms with van der Waals surface area (Å²) in [5.41, 5.74) is -0.689. The van der Waals surface area contributed by atoms with E-state index < -0.39 is 41.5 Å². The average molecular weight is 532 g/mol. The second-order valence-electron chi connectivity index (χ2n) is 10.2. The molecule has 0 aromatic heterocycles. The van der Waals surface area contributed by atoms with E-state index in [4.69, 9.17) is 0 Å². The van der Waals surface area contributed by atoms with E-state index in [0.29, 0.717) is 24.2 Å². The number of likely N-dealkylation sites (tertiary alicyclic amines) is 1. The first-order valence-corrected chi connectivity index (χ1v) is 12.8. The molecule has 1 atom stereocenters. The molecule has 1 unspecified atom stereocenters. The number of nitrogens with zero attached hydrogens (tertiary/aromatic N) is 3. The van der Waals surface area contributed by atoms with Gasteiger partial charge in [-0.1, -0.05) is 24.6 Å². The van der Waals surface area contributed by atoms with Gasteiger partial charge in [0.2, 0.25) is 5.91 Å². The second kappa shape index (κ2) is 11.0. The Morgan fingerprint density at radius 1 is 0.947 bits per heavy atom. The molecular formula is C28H32F3N3O4. The number of urea groups is 1. The van der Waals surface area contributed by atoms with Crippen molar-refractivity contribution in [2.75, 3.05) is 29.9 Å². The van der Waals surface area contributed by atoms with Gasteiger partial charge < -0.3 is 14.9 Å². The Morgan fingerprint density at radius 2 is 1.58 bits per heavy atom. The quantitative estimate of drug-likeness (QED) is 0.530. The van der Waals surface area contributed by atoms with Crippen LogP contribution in [0.4, 0.5) is 29.3 Å². The van der Waals surface area contributed by atoms with E-state index in [9.17, 15) is 32.7 Å². The Labute approximate surface area is 219 Å². The van der Waals surface area contributed by atoms with E-state index in [1.54, 1.807) is 37.4 Å². The van der Waals surface area contributed by atoms with Crippen LogP contribution in [0, 0.1) is 11.2 Å².